The van der Waals surface area contributed by atoms with Crippen molar-refractivity contribution in [3.05, 3.63) is 12.4 Å². The lowest BCUT2D eigenvalue weighted by Gasteiger charge is -2.32. The lowest BCUT2D eigenvalue weighted by molar-refractivity contribution is 0.142. The zero-order valence-electron chi connectivity index (χ0n) is 29.7. The van der Waals surface area contributed by atoms with E-state index in [9.17, 15) is 0 Å². The van der Waals surface area contributed by atoms with Crippen LogP contribution in [-0.2, 0) is 0 Å². The Balaban J connectivity index is 1.91. The second-order valence-electron chi connectivity index (χ2n) is 13.9. The first-order valence-corrected chi connectivity index (χ1v) is 20.0. The third-order valence-electron chi connectivity index (χ3n) is 9.92. The summed E-state index contributed by atoms with van der Waals surface area (Å²) in [5, 5.41) is 0. The predicted molar refractivity (Wildman–Crippen MR) is 191 cm³/mol. The molecule has 1 unspecified atom stereocenters. The third kappa shape index (κ3) is 23.8. The molecule has 0 bridgehead atoms. The van der Waals surface area contributed by atoms with E-state index in [-0.39, 0.29) is 0 Å². The Kier molecular flexibility index (Phi) is 29.8. The van der Waals surface area contributed by atoms with E-state index in [0.29, 0.717) is 6.17 Å². The van der Waals surface area contributed by atoms with Crippen LogP contribution in [-0.4, -0.2) is 29.1 Å². The summed E-state index contributed by atoms with van der Waals surface area (Å²) < 4.78 is 0. The molecule has 0 aromatic heterocycles. The normalized spacial score (nSPS) is 15.0. The van der Waals surface area contributed by atoms with Crippen molar-refractivity contribution in [1.29, 1.82) is 0 Å². The van der Waals surface area contributed by atoms with Crippen LogP contribution in [0.15, 0.2) is 12.4 Å². The maximum Gasteiger partial charge on any atom is 0.101 e. The lowest BCUT2D eigenvalue weighted by atomic mass is 10.0. The van der Waals surface area contributed by atoms with E-state index in [1.807, 2.05) is 0 Å². The number of unbranched alkanes of at least 4 members (excludes halogenated alkanes) is 29. The van der Waals surface area contributed by atoms with Crippen LogP contribution in [0, 0.1) is 0 Å². The summed E-state index contributed by atoms with van der Waals surface area (Å²) in [7, 11) is 0. The van der Waals surface area contributed by atoms with Gasteiger partial charge in [-0.3, -0.25) is 0 Å². The highest BCUT2D eigenvalue weighted by Gasteiger charge is 2.23. The first-order chi connectivity index (χ1) is 20.8. The average Bonchev–Trinajstić information content (AvgIpc) is 3.40. The van der Waals surface area contributed by atoms with Gasteiger partial charge in [0.1, 0.15) is 6.17 Å². The lowest BCUT2D eigenvalue weighted by Crippen LogP contribution is -2.38. The van der Waals surface area contributed by atoms with Crippen molar-refractivity contribution < 1.29 is 0 Å². The molecule has 1 rings (SSSR count). The molecule has 0 radical (unpaired) electrons. The van der Waals surface area contributed by atoms with Crippen molar-refractivity contribution in [3.63, 3.8) is 0 Å². The van der Waals surface area contributed by atoms with Crippen molar-refractivity contribution in [3.8, 4) is 0 Å². The number of nitrogens with zero attached hydrogens (tertiary/aromatic N) is 2. The minimum atomic E-state index is 0.633. The van der Waals surface area contributed by atoms with E-state index in [0.717, 1.165) is 6.54 Å². The topological polar surface area (TPSA) is 6.48 Å². The molecule has 0 spiro atoms. The molecule has 0 aliphatic carbocycles. The van der Waals surface area contributed by atoms with E-state index >= 15 is 0 Å². The van der Waals surface area contributed by atoms with Gasteiger partial charge in [0.15, 0.2) is 0 Å². The van der Waals surface area contributed by atoms with Crippen molar-refractivity contribution in [2.45, 2.75) is 232 Å². The van der Waals surface area contributed by atoms with Crippen LogP contribution < -0.4 is 0 Å². The van der Waals surface area contributed by atoms with Crippen molar-refractivity contribution in [2.75, 3.05) is 13.1 Å². The third-order valence-corrected chi connectivity index (χ3v) is 9.92. The van der Waals surface area contributed by atoms with Crippen LogP contribution in [0.4, 0.5) is 0 Å². The highest BCUT2D eigenvalue weighted by atomic mass is 15.4. The Hall–Kier alpha value is -0.660. The second kappa shape index (κ2) is 31.8. The summed E-state index contributed by atoms with van der Waals surface area (Å²) in [6.07, 6.45) is 51.7. The molecule has 1 atom stereocenters. The first kappa shape index (κ1) is 39.4. The summed E-state index contributed by atoms with van der Waals surface area (Å²) in [4.78, 5) is 5.24. The quantitative estimate of drug-likeness (QED) is 0.0690. The molecule has 0 N–H and O–H groups in total. The largest absolute Gasteiger partial charge is 0.356 e. The summed E-state index contributed by atoms with van der Waals surface area (Å²) in [6.45, 7) is 9.35. The fourth-order valence-corrected chi connectivity index (χ4v) is 6.97. The number of hydrogen-bond donors (Lipinski definition) is 0. The molecule has 42 heavy (non-hydrogen) atoms. The molecule has 1 heterocycles. The Morgan fingerprint density at radius 1 is 0.333 bits per heavy atom. The van der Waals surface area contributed by atoms with Gasteiger partial charge in [0.25, 0.3) is 0 Å². The molecule has 250 valence electrons. The summed E-state index contributed by atoms with van der Waals surface area (Å²) >= 11 is 0. The summed E-state index contributed by atoms with van der Waals surface area (Å²) in [5.74, 6) is 0. The number of rotatable bonds is 34. The molecule has 1 aliphatic heterocycles. The van der Waals surface area contributed by atoms with Crippen LogP contribution in [0.5, 0.6) is 0 Å². The van der Waals surface area contributed by atoms with Gasteiger partial charge in [-0.15, -0.1) is 0 Å². The summed E-state index contributed by atoms with van der Waals surface area (Å²) in [5.41, 5.74) is 0. The molecular weight excluding hydrogens is 508 g/mol. The predicted octanol–water partition coefficient (Wildman–Crippen LogP) is 13.9. The van der Waals surface area contributed by atoms with Gasteiger partial charge in [-0.25, -0.2) is 0 Å². The highest BCUT2D eigenvalue weighted by Crippen LogP contribution is 2.23. The minimum absolute atomic E-state index is 0.633. The Morgan fingerprint density at radius 2 is 0.619 bits per heavy atom. The maximum atomic E-state index is 2.66. The van der Waals surface area contributed by atoms with Crippen molar-refractivity contribution in [1.82, 2.24) is 9.80 Å². The van der Waals surface area contributed by atoms with E-state index in [4.69, 9.17) is 0 Å². The number of hydrogen-bond acceptors (Lipinski definition) is 2. The van der Waals surface area contributed by atoms with Gasteiger partial charge in [0.05, 0.1) is 0 Å². The maximum absolute atomic E-state index is 2.66. The van der Waals surface area contributed by atoms with Crippen LogP contribution in [0.2, 0.25) is 0 Å². The fraction of sp³-hybridized carbons (Fsp3) is 0.950. The van der Waals surface area contributed by atoms with Crippen molar-refractivity contribution >= 4 is 0 Å². The zero-order chi connectivity index (χ0) is 30.2. The van der Waals surface area contributed by atoms with E-state index in [1.54, 1.807) is 0 Å². The Labute approximate surface area is 267 Å². The smallest absolute Gasteiger partial charge is 0.101 e. The second-order valence-corrected chi connectivity index (χ2v) is 13.9. The molecule has 0 saturated carbocycles. The molecule has 2 heteroatoms. The molecule has 0 aromatic carbocycles. The van der Waals surface area contributed by atoms with Gasteiger partial charge in [-0.05, 0) is 26.2 Å². The van der Waals surface area contributed by atoms with Crippen LogP contribution in [0.1, 0.15) is 226 Å². The molecular formula is C40H80N2. The zero-order valence-corrected chi connectivity index (χ0v) is 29.7. The molecule has 0 saturated heterocycles. The SMILES string of the molecule is CCCCCCCCCCCCCCCCCCCC1N(CC)C=CN1CCCCCCCCCCCCCCCC. The van der Waals surface area contributed by atoms with Gasteiger partial charge >= 0.3 is 0 Å². The molecule has 2 nitrogen and oxygen atoms in total. The van der Waals surface area contributed by atoms with Gasteiger partial charge in [0, 0.05) is 25.5 Å². The Morgan fingerprint density at radius 3 is 0.952 bits per heavy atom. The van der Waals surface area contributed by atoms with Gasteiger partial charge in [0.2, 0.25) is 0 Å². The molecule has 1 aliphatic rings. The van der Waals surface area contributed by atoms with E-state index in [2.05, 4.69) is 43.0 Å². The minimum Gasteiger partial charge on any atom is -0.356 e. The molecule has 0 amide bonds. The Bertz CT molecular complexity index is 544. The van der Waals surface area contributed by atoms with E-state index in [1.165, 1.54) is 212 Å². The van der Waals surface area contributed by atoms with Gasteiger partial charge in [-0.1, -0.05) is 200 Å². The monoisotopic (exact) mass is 589 g/mol. The molecule has 0 aromatic rings. The fourth-order valence-electron chi connectivity index (χ4n) is 6.97. The standard InChI is InChI=1S/C40H80N2/c1-4-7-9-11-13-15-17-19-21-22-23-24-26-28-30-32-34-36-40-41(6-3)38-39-42(40)37-35-33-31-29-27-25-20-18-16-14-12-10-8-5-2/h38-40H,4-37H2,1-3H3. The van der Waals surface area contributed by atoms with Gasteiger partial charge in [-0.2, -0.15) is 0 Å². The van der Waals surface area contributed by atoms with Crippen molar-refractivity contribution in [2.24, 2.45) is 0 Å². The average molecular weight is 589 g/mol. The van der Waals surface area contributed by atoms with Gasteiger partial charge < -0.3 is 9.80 Å². The van der Waals surface area contributed by atoms with E-state index < -0.39 is 0 Å². The molecule has 0 fully saturated rings. The summed E-state index contributed by atoms with van der Waals surface area (Å²) in [6, 6.07) is 0. The first-order valence-electron chi connectivity index (χ1n) is 20.0. The highest BCUT2D eigenvalue weighted by molar-refractivity contribution is 4.96. The van der Waals surface area contributed by atoms with Crippen LogP contribution in [0.3, 0.4) is 0 Å². The van der Waals surface area contributed by atoms with Crippen LogP contribution in [0.25, 0.3) is 0 Å². The van der Waals surface area contributed by atoms with Crippen LogP contribution >= 0.6 is 0 Å².